The molecule has 6 nitrogen and oxygen atoms in total. The molecule has 4 rings (SSSR count). The van der Waals surface area contributed by atoms with Gasteiger partial charge in [-0.2, -0.15) is 4.98 Å². The first kappa shape index (κ1) is 18.0. The van der Waals surface area contributed by atoms with Gasteiger partial charge in [-0.05, 0) is 41.3 Å². The standard InChI is InChI=1S/C21H16ClN3O3/c22-21-25-17-12-14(8-9-18(17)28-21)20(27)23-11-10-19(26)24-16-7-3-5-13-4-1-2-6-15(13)16/h1-9,12H,10-11H2,(H,23,27)(H,24,26). The van der Waals surface area contributed by atoms with E-state index in [9.17, 15) is 9.59 Å². The molecule has 0 fully saturated rings. The Kier molecular flexibility index (Phi) is 4.95. The molecule has 7 heteroatoms. The van der Waals surface area contributed by atoms with Gasteiger partial charge >= 0.3 is 0 Å². The highest BCUT2D eigenvalue weighted by atomic mass is 35.5. The largest absolute Gasteiger partial charge is 0.428 e. The molecule has 0 atom stereocenters. The molecule has 140 valence electrons. The van der Waals surface area contributed by atoms with E-state index in [2.05, 4.69) is 15.6 Å². The fourth-order valence-electron chi connectivity index (χ4n) is 2.98. The summed E-state index contributed by atoms with van der Waals surface area (Å²) in [6.07, 6.45) is 0.160. The zero-order chi connectivity index (χ0) is 19.5. The Bertz CT molecular complexity index is 1180. The van der Waals surface area contributed by atoms with Gasteiger partial charge in [0.2, 0.25) is 5.91 Å². The second-order valence-electron chi connectivity index (χ2n) is 6.23. The molecule has 0 aliphatic heterocycles. The summed E-state index contributed by atoms with van der Waals surface area (Å²) in [5, 5.41) is 7.68. The van der Waals surface area contributed by atoms with E-state index >= 15 is 0 Å². The number of benzene rings is 3. The molecule has 2 amide bonds. The molecule has 0 radical (unpaired) electrons. The molecule has 1 heterocycles. The Morgan fingerprint density at radius 2 is 1.86 bits per heavy atom. The number of fused-ring (bicyclic) bond motifs is 2. The number of carbonyl (C=O) groups excluding carboxylic acids is 2. The van der Waals surface area contributed by atoms with E-state index in [1.54, 1.807) is 18.2 Å². The number of anilines is 1. The number of amides is 2. The Morgan fingerprint density at radius 3 is 2.75 bits per heavy atom. The lowest BCUT2D eigenvalue weighted by Gasteiger charge is -2.09. The van der Waals surface area contributed by atoms with Gasteiger partial charge in [0, 0.05) is 29.6 Å². The number of hydrogen-bond acceptors (Lipinski definition) is 4. The lowest BCUT2D eigenvalue weighted by Crippen LogP contribution is -2.27. The van der Waals surface area contributed by atoms with E-state index in [4.69, 9.17) is 16.0 Å². The molecule has 0 spiro atoms. The first-order valence-corrected chi connectivity index (χ1v) is 9.10. The molecular weight excluding hydrogens is 378 g/mol. The van der Waals surface area contributed by atoms with Gasteiger partial charge in [0.15, 0.2) is 5.58 Å². The number of rotatable bonds is 5. The number of halogens is 1. The van der Waals surface area contributed by atoms with Gasteiger partial charge in [0.05, 0.1) is 0 Å². The zero-order valence-corrected chi connectivity index (χ0v) is 15.5. The first-order chi connectivity index (χ1) is 13.6. The SMILES string of the molecule is O=C(CCNC(=O)c1ccc2oc(Cl)nc2c1)Nc1cccc2ccccc12. The summed E-state index contributed by atoms with van der Waals surface area (Å²) in [7, 11) is 0. The molecule has 0 aliphatic carbocycles. The fourth-order valence-corrected chi connectivity index (χ4v) is 3.15. The van der Waals surface area contributed by atoms with Crippen molar-refractivity contribution in [1.29, 1.82) is 0 Å². The highest BCUT2D eigenvalue weighted by Crippen LogP contribution is 2.23. The molecular formula is C21H16ClN3O3. The van der Waals surface area contributed by atoms with Gasteiger partial charge in [-0.25, -0.2) is 0 Å². The van der Waals surface area contributed by atoms with Crippen LogP contribution in [0.15, 0.2) is 65.1 Å². The van der Waals surface area contributed by atoms with Gasteiger partial charge in [0.1, 0.15) is 5.52 Å². The van der Waals surface area contributed by atoms with E-state index in [0.717, 1.165) is 16.5 Å². The molecule has 1 aromatic heterocycles. The third-order valence-electron chi connectivity index (χ3n) is 4.33. The van der Waals surface area contributed by atoms with Gasteiger partial charge in [-0.3, -0.25) is 9.59 Å². The Labute approximate surface area is 165 Å². The van der Waals surface area contributed by atoms with Crippen molar-refractivity contribution < 1.29 is 14.0 Å². The topological polar surface area (TPSA) is 84.2 Å². The maximum atomic E-state index is 12.3. The van der Waals surface area contributed by atoms with Crippen LogP contribution < -0.4 is 10.6 Å². The van der Waals surface area contributed by atoms with Crippen molar-refractivity contribution in [3.8, 4) is 0 Å². The minimum atomic E-state index is -0.293. The normalized spacial score (nSPS) is 10.9. The quantitative estimate of drug-likeness (QED) is 0.526. The van der Waals surface area contributed by atoms with E-state index in [-0.39, 0.29) is 30.1 Å². The highest BCUT2D eigenvalue weighted by Gasteiger charge is 2.11. The average molecular weight is 394 g/mol. The fraction of sp³-hybridized carbons (Fsp3) is 0.0952. The van der Waals surface area contributed by atoms with E-state index in [1.807, 2.05) is 42.5 Å². The predicted molar refractivity (Wildman–Crippen MR) is 109 cm³/mol. The molecule has 0 unspecified atom stereocenters. The lowest BCUT2D eigenvalue weighted by atomic mass is 10.1. The number of oxazole rings is 1. The van der Waals surface area contributed by atoms with E-state index < -0.39 is 0 Å². The van der Waals surface area contributed by atoms with Crippen LogP contribution in [0.25, 0.3) is 21.9 Å². The Hall–Kier alpha value is -3.38. The molecule has 0 bridgehead atoms. The monoisotopic (exact) mass is 393 g/mol. The third-order valence-corrected chi connectivity index (χ3v) is 4.49. The summed E-state index contributed by atoms with van der Waals surface area (Å²) in [4.78, 5) is 28.5. The van der Waals surface area contributed by atoms with Crippen molar-refractivity contribution in [2.24, 2.45) is 0 Å². The maximum absolute atomic E-state index is 12.3. The van der Waals surface area contributed by atoms with Crippen LogP contribution in [0.2, 0.25) is 5.35 Å². The summed E-state index contributed by atoms with van der Waals surface area (Å²) < 4.78 is 5.17. The number of carbonyl (C=O) groups is 2. The van der Waals surface area contributed by atoms with Gasteiger partial charge < -0.3 is 15.1 Å². The predicted octanol–water partition coefficient (Wildman–Crippen LogP) is 4.39. The van der Waals surface area contributed by atoms with Gasteiger partial charge in [-0.1, -0.05) is 36.4 Å². The van der Waals surface area contributed by atoms with Crippen LogP contribution in [-0.2, 0) is 4.79 Å². The van der Waals surface area contributed by atoms with Crippen molar-refractivity contribution in [1.82, 2.24) is 10.3 Å². The van der Waals surface area contributed by atoms with Crippen molar-refractivity contribution in [3.63, 3.8) is 0 Å². The smallest absolute Gasteiger partial charge is 0.293 e. The Balaban J connectivity index is 1.34. The summed E-state index contributed by atoms with van der Waals surface area (Å²) >= 11 is 5.71. The number of nitrogens with zero attached hydrogens (tertiary/aromatic N) is 1. The minimum Gasteiger partial charge on any atom is -0.428 e. The van der Waals surface area contributed by atoms with Crippen LogP contribution in [0.3, 0.4) is 0 Å². The molecule has 0 saturated heterocycles. The summed E-state index contributed by atoms with van der Waals surface area (Å²) in [6, 6.07) is 18.4. The molecule has 4 aromatic rings. The van der Waals surface area contributed by atoms with E-state index in [1.165, 1.54) is 0 Å². The minimum absolute atomic E-state index is 0.0256. The molecule has 2 N–H and O–H groups in total. The van der Waals surface area contributed by atoms with Crippen molar-refractivity contribution in [2.45, 2.75) is 6.42 Å². The highest BCUT2D eigenvalue weighted by molar-refractivity contribution is 6.28. The van der Waals surface area contributed by atoms with Gasteiger partial charge in [-0.15, -0.1) is 0 Å². The summed E-state index contributed by atoms with van der Waals surface area (Å²) in [6.45, 7) is 0.215. The van der Waals surface area contributed by atoms with Crippen molar-refractivity contribution in [2.75, 3.05) is 11.9 Å². The second kappa shape index (κ2) is 7.70. The molecule has 28 heavy (non-hydrogen) atoms. The number of aromatic nitrogens is 1. The number of nitrogens with one attached hydrogen (secondary N) is 2. The first-order valence-electron chi connectivity index (χ1n) is 8.72. The average Bonchev–Trinajstić information content (AvgIpc) is 3.07. The maximum Gasteiger partial charge on any atom is 0.293 e. The van der Waals surface area contributed by atoms with Crippen LogP contribution in [0.4, 0.5) is 5.69 Å². The third kappa shape index (κ3) is 3.82. The molecule has 0 aliphatic rings. The van der Waals surface area contributed by atoms with Crippen LogP contribution in [0.1, 0.15) is 16.8 Å². The Morgan fingerprint density at radius 1 is 1.04 bits per heavy atom. The number of hydrogen-bond donors (Lipinski definition) is 2. The van der Waals surface area contributed by atoms with Crippen molar-refractivity contribution >= 4 is 51.0 Å². The second-order valence-corrected chi connectivity index (χ2v) is 6.55. The van der Waals surface area contributed by atoms with Crippen LogP contribution >= 0.6 is 11.6 Å². The molecule has 3 aromatic carbocycles. The van der Waals surface area contributed by atoms with Crippen LogP contribution in [0.5, 0.6) is 0 Å². The zero-order valence-electron chi connectivity index (χ0n) is 14.7. The lowest BCUT2D eigenvalue weighted by molar-refractivity contribution is -0.116. The van der Waals surface area contributed by atoms with Crippen LogP contribution in [0, 0.1) is 0 Å². The van der Waals surface area contributed by atoms with E-state index in [0.29, 0.717) is 16.7 Å². The van der Waals surface area contributed by atoms with Crippen molar-refractivity contribution in [3.05, 3.63) is 71.6 Å². The summed E-state index contributed by atoms with van der Waals surface area (Å²) in [5.74, 6) is -0.464. The summed E-state index contributed by atoms with van der Waals surface area (Å²) in [5.41, 5.74) is 2.19. The van der Waals surface area contributed by atoms with Gasteiger partial charge in [0.25, 0.3) is 11.3 Å². The van der Waals surface area contributed by atoms with Crippen LogP contribution in [-0.4, -0.2) is 23.3 Å². The molecule has 0 saturated carbocycles.